The van der Waals surface area contributed by atoms with Gasteiger partial charge in [0.15, 0.2) is 5.13 Å². The molecular formula is C19H17N5O4S. The Morgan fingerprint density at radius 3 is 2.83 bits per heavy atom. The summed E-state index contributed by atoms with van der Waals surface area (Å²) in [6.07, 6.45) is 0.240. The van der Waals surface area contributed by atoms with E-state index < -0.39 is 29.7 Å². The van der Waals surface area contributed by atoms with Crippen molar-refractivity contribution in [1.82, 2.24) is 20.5 Å². The van der Waals surface area contributed by atoms with E-state index in [0.717, 1.165) is 28.8 Å². The van der Waals surface area contributed by atoms with E-state index in [4.69, 9.17) is 0 Å². The third-order valence-electron chi connectivity index (χ3n) is 5.34. The number of imide groups is 2. The predicted molar refractivity (Wildman–Crippen MR) is 103 cm³/mol. The highest BCUT2D eigenvalue weighted by atomic mass is 32.1. The van der Waals surface area contributed by atoms with Crippen LogP contribution in [0.1, 0.15) is 49.7 Å². The molecule has 0 bridgehead atoms. The Morgan fingerprint density at radius 2 is 2.03 bits per heavy atom. The van der Waals surface area contributed by atoms with Crippen molar-refractivity contribution in [2.24, 2.45) is 0 Å². The van der Waals surface area contributed by atoms with Crippen LogP contribution in [0, 0.1) is 0 Å². The Hall–Kier alpha value is -3.11. The highest BCUT2D eigenvalue weighted by Gasteiger charge is 2.45. The Balaban J connectivity index is 1.39. The summed E-state index contributed by atoms with van der Waals surface area (Å²) in [5.74, 6) is -2.00. The first-order valence-corrected chi connectivity index (χ1v) is 10.1. The normalized spacial score (nSPS) is 20.7. The lowest BCUT2D eigenvalue weighted by atomic mass is 10.0. The molecule has 3 N–H and O–H groups in total. The maximum absolute atomic E-state index is 13.1. The number of amides is 4. The minimum Gasteiger partial charge on any atom is -0.357 e. The van der Waals surface area contributed by atoms with E-state index in [9.17, 15) is 19.2 Å². The third-order valence-corrected chi connectivity index (χ3v) is 6.40. The number of fused-ring (bicyclic) bond motifs is 2. The average Bonchev–Trinajstić information content (AvgIpc) is 3.35. The zero-order valence-corrected chi connectivity index (χ0v) is 16.1. The van der Waals surface area contributed by atoms with Crippen LogP contribution in [-0.4, -0.2) is 39.6 Å². The molecule has 4 amide bonds. The van der Waals surface area contributed by atoms with Crippen molar-refractivity contribution in [3.63, 3.8) is 0 Å². The van der Waals surface area contributed by atoms with Gasteiger partial charge in [-0.2, -0.15) is 0 Å². The fourth-order valence-electron chi connectivity index (χ4n) is 3.93. The molecule has 3 aliphatic heterocycles. The lowest BCUT2D eigenvalue weighted by Gasteiger charge is -2.27. The monoisotopic (exact) mass is 411 g/mol. The second-order valence-corrected chi connectivity index (χ2v) is 8.22. The Kier molecular flexibility index (Phi) is 4.18. The van der Waals surface area contributed by atoms with Crippen LogP contribution in [0.4, 0.5) is 5.13 Å². The van der Waals surface area contributed by atoms with Gasteiger partial charge in [-0.25, -0.2) is 4.98 Å². The van der Waals surface area contributed by atoms with Gasteiger partial charge in [-0.1, -0.05) is 12.1 Å². The summed E-state index contributed by atoms with van der Waals surface area (Å²) >= 11 is 1.57. The summed E-state index contributed by atoms with van der Waals surface area (Å²) in [7, 11) is 0. The van der Waals surface area contributed by atoms with Gasteiger partial charge in [-0.3, -0.25) is 29.4 Å². The number of hydrogen-bond donors (Lipinski definition) is 3. The first-order chi connectivity index (χ1) is 14.0. The molecule has 1 aromatic heterocycles. The first-order valence-electron chi connectivity index (χ1n) is 9.29. The Morgan fingerprint density at radius 1 is 1.17 bits per heavy atom. The van der Waals surface area contributed by atoms with E-state index in [1.165, 1.54) is 4.88 Å². The van der Waals surface area contributed by atoms with E-state index >= 15 is 0 Å². The van der Waals surface area contributed by atoms with Crippen LogP contribution in [0.25, 0.3) is 0 Å². The molecule has 148 valence electrons. The number of aromatic nitrogens is 1. The van der Waals surface area contributed by atoms with Crippen LogP contribution in [0.3, 0.4) is 0 Å². The number of carbonyl (C=O) groups excluding carboxylic acids is 4. The molecule has 0 aliphatic carbocycles. The second kappa shape index (κ2) is 6.75. The summed E-state index contributed by atoms with van der Waals surface area (Å²) in [6, 6.07) is 4.14. The Bertz CT molecular complexity index is 1060. The van der Waals surface area contributed by atoms with Crippen LogP contribution >= 0.6 is 11.3 Å². The van der Waals surface area contributed by atoms with Crippen molar-refractivity contribution in [1.29, 1.82) is 0 Å². The molecule has 0 radical (unpaired) electrons. The van der Waals surface area contributed by atoms with Crippen LogP contribution in [-0.2, 0) is 29.2 Å². The maximum Gasteiger partial charge on any atom is 0.262 e. The smallest absolute Gasteiger partial charge is 0.262 e. The van der Waals surface area contributed by atoms with Crippen molar-refractivity contribution in [3.8, 4) is 0 Å². The molecule has 10 heteroatoms. The molecule has 1 unspecified atom stereocenters. The molecule has 0 spiro atoms. The van der Waals surface area contributed by atoms with Gasteiger partial charge in [0.1, 0.15) is 6.04 Å². The quantitative estimate of drug-likeness (QED) is 0.635. The van der Waals surface area contributed by atoms with Crippen LogP contribution in [0.15, 0.2) is 18.2 Å². The van der Waals surface area contributed by atoms with Crippen molar-refractivity contribution >= 4 is 40.1 Å². The highest BCUT2D eigenvalue weighted by molar-refractivity contribution is 7.15. The number of nitrogens with zero attached hydrogens (tertiary/aromatic N) is 2. The lowest BCUT2D eigenvalue weighted by Crippen LogP contribution is -2.54. The predicted octanol–water partition coefficient (Wildman–Crippen LogP) is 0.760. The van der Waals surface area contributed by atoms with Gasteiger partial charge in [-0.05, 0) is 18.1 Å². The van der Waals surface area contributed by atoms with Crippen molar-refractivity contribution < 1.29 is 19.2 Å². The van der Waals surface area contributed by atoms with E-state index in [2.05, 4.69) is 20.9 Å². The van der Waals surface area contributed by atoms with Crippen LogP contribution in [0.2, 0.25) is 0 Å². The molecule has 1 saturated heterocycles. The summed E-state index contributed by atoms with van der Waals surface area (Å²) in [5, 5.41) is 9.45. The van der Waals surface area contributed by atoms with Crippen molar-refractivity contribution in [2.75, 3.05) is 5.32 Å². The van der Waals surface area contributed by atoms with Gasteiger partial charge in [-0.15, -0.1) is 11.3 Å². The van der Waals surface area contributed by atoms with Gasteiger partial charge in [0, 0.05) is 30.9 Å². The SMILES string of the molecule is O=C1CCC(N2C(=O)c3cccc(CNc4nc5c(s4)CNC5)c3C2=O)C(=O)N1. The Labute approximate surface area is 169 Å². The van der Waals surface area contributed by atoms with E-state index in [1.54, 1.807) is 29.5 Å². The molecule has 1 fully saturated rings. The fraction of sp³-hybridized carbons (Fsp3) is 0.316. The second-order valence-electron chi connectivity index (χ2n) is 7.13. The van der Waals surface area contributed by atoms with Crippen LogP contribution < -0.4 is 16.0 Å². The van der Waals surface area contributed by atoms with Crippen molar-refractivity contribution in [3.05, 3.63) is 45.5 Å². The first kappa shape index (κ1) is 18.0. The molecule has 29 heavy (non-hydrogen) atoms. The van der Waals surface area contributed by atoms with Crippen LogP contribution in [0.5, 0.6) is 0 Å². The number of piperidine rings is 1. The topological polar surface area (TPSA) is 120 Å². The van der Waals surface area contributed by atoms with Crippen molar-refractivity contribution in [2.45, 2.75) is 38.5 Å². The minimum atomic E-state index is -0.963. The lowest BCUT2D eigenvalue weighted by molar-refractivity contribution is -0.136. The number of rotatable bonds is 4. The number of nitrogens with one attached hydrogen (secondary N) is 3. The summed E-state index contributed by atoms with van der Waals surface area (Å²) in [5.41, 5.74) is 2.29. The summed E-state index contributed by atoms with van der Waals surface area (Å²) in [4.78, 5) is 56.2. The zero-order valence-electron chi connectivity index (χ0n) is 15.3. The fourth-order valence-corrected chi connectivity index (χ4v) is 4.88. The number of hydrogen-bond acceptors (Lipinski definition) is 8. The molecule has 9 nitrogen and oxygen atoms in total. The molecule has 4 heterocycles. The molecular weight excluding hydrogens is 394 g/mol. The number of benzene rings is 1. The van der Waals surface area contributed by atoms with Gasteiger partial charge < -0.3 is 10.6 Å². The van der Waals surface area contributed by atoms with Gasteiger partial charge in [0.05, 0.1) is 16.8 Å². The van der Waals surface area contributed by atoms with E-state index in [-0.39, 0.29) is 18.4 Å². The molecule has 1 aromatic carbocycles. The molecule has 0 saturated carbocycles. The summed E-state index contributed by atoms with van der Waals surface area (Å²) in [6.45, 7) is 1.90. The average molecular weight is 411 g/mol. The van der Waals surface area contributed by atoms with Gasteiger partial charge in [0.2, 0.25) is 11.8 Å². The third kappa shape index (κ3) is 2.91. The number of anilines is 1. The summed E-state index contributed by atoms with van der Waals surface area (Å²) < 4.78 is 0. The number of thiazole rings is 1. The zero-order chi connectivity index (χ0) is 20.1. The molecule has 3 aliphatic rings. The standard InChI is InChI=1S/C19H17N5O4S/c25-14-5-4-12(16(26)23-14)24-17(27)10-3-1-2-9(15(10)18(24)28)6-21-19-22-11-7-20-8-13(11)29-19/h1-3,12,20H,4-8H2,(H,21,22)(H,23,25,26). The molecule has 2 aromatic rings. The van der Waals surface area contributed by atoms with E-state index in [0.29, 0.717) is 17.7 Å². The number of carbonyl (C=O) groups is 4. The minimum absolute atomic E-state index is 0.0990. The van der Waals surface area contributed by atoms with E-state index in [1.807, 2.05) is 0 Å². The molecule has 1 atom stereocenters. The maximum atomic E-state index is 13.1. The highest BCUT2D eigenvalue weighted by Crippen LogP contribution is 2.31. The molecule has 5 rings (SSSR count). The van der Waals surface area contributed by atoms with Gasteiger partial charge >= 0.3 is 0 Å². The largest absolute Gasteiger partial charge is 0.357 e. The van der Waals surface area contributed by atoms with Gasteiger partial charge in [0.25, 0.3) is 11.8 Å².